The highest BCUT2D eigenvalue weighted by Gasteiger charge is 2.24. The third-order valence-corrected chi connectivity index (χ3v) is 4.18. The number of aryl methyl sites for hydroxylation is 2. The smallest absolute Gasteiger partial charge is 0.345 e. The average Bonchev–Trinajstić information content (AvgIpc) is 2.58. The van der Waals surface area contributed by atoms with Crippen molar-refractivity contribution in [2.24, 2.45) is 0 Å². The number of nitrogens with one attached hydrogen (secondary N) is 2. The Morgan fingerprint density at radius 3 is 2.42 bits per heavy atom. The highest BCUT2D eigenvalue weighted by Crippen LogP contribution is 2.16. The standard InChI is InChI=1S/C19H24N4O3/c1-12-15(13(2)21-19(26)20-12)10-11-16(24)22-17(18(25)23(3)4)14-8-6-5-7-9-14/h5-9,17H,10-11H2,1-4H3,(H,22,24)(H,20,21,26). The summed E-state index contributed by atoms with van der Waals surface area (Å²) in [5.41, 5.74) is 2.50. The van der Waals surface area contributed by atoms with Gasteiger partial charge in [0.25, 0.3) is 0 Å². The van der Waals surface area contributed by atoms with E-state index in [0.717, 1.165) is 11.1 Å². The number of rotatable bonds is 6. The summed E-state index contributed by atoms with van der Waals surface area (Å²) in [5.74, 6) is -0.429. The van der Waals surface area contributed by atoms with Crippen LogP contribution in [0.4, 0.5) is 0 Å². The summed E-state index contributed by atoms with van der Waals surface area (Å²) in [4.78, 5) is 44.2. The predicted octanol–water partition coefficient (Wildman–Crippen LogP) is 1.27. The zero-order valence-electron chi connectivity index (χ0n) is 15.5. The lowest BCUT2D eigenvalue weighted by Gasteiger charge is -2.22. The van der Waals surface area contributed by atoms with Crippen LogP contribution in [0, 0.1) is 13.8 Å². The molecule has 2 aromatic rings. The lowest BCUT2D eigenvalue weighted by molar-refractivity contribution is -0.134. The van der Waals surface area contributed by atoms with E-state index in [1.807, 2.05) is 30.3 Å². The molecule has 0 fully saturated rings. The molecular weight excluding hydrogens is 332 g/mol. The molecule has 0 radical (unpaired) electrons. The first kappa shape index (κ1) is 19.4. The number of aromatic amines is 1. The molecule has 2 N–H and O–H groups in total. The number of aromatic nitrogens is 2. The summed E-state index contributed by atoms with van der Waals surface area (Å²) < 4.78 is 0. The molecule has 1 heterocycles. The molecule has 26 heavy (non-hydrogen) atoms. The summed E-state index contributed by atoms with van der Waals surface area (Å²) >= 11 is 0. The van der Waals surface area contributed by atoms with Crippen molar-refractivity contribution in [3.05, 3.63) is 63.3 Å². The van der Waals surface area contributed by atoms with Crippen LogP contribution < -0.4 is 11.0 Å². The molecule has 138 valence electrons. The summed E-state index contributed by atoms with van der Waals surface area (Å²) in [6.45, 7) is 3.53. The van der Waals surface area contributed by atoms with Crippen LogP contribution in [-0.2, 0) is 16.0 Å². The minimum absolute atomic E-state index is 0.192. The number of hydrogen-bond acceptors (Lipinski definition) is 4. The summed E-state index contributed by atoms with van der Waals surface area (Å²) in [5, 5.41) is 2.81. The van der Waals surface area contributed by atoms with Crippen molar-refractivity contribution < 1.29 is 9.59 Å². The quantitative estimate of drug-likeness (QED) is 0.815. The molecule has 1 aromatic heterocycles. The van der Waals surface area contributed by atoms with E-state index >= 15 is 0 Å². The fraction of sp³-hybridized carbons (Fsp3) is 0.368. The lowest BCUT2D eigenvalue weighted by Crippen LogP contribution is -2.40. The highest BCUT2D eigenvalue weighted by atomic mass is 16.2. The zero-order valence-corrected chi connectivity index (χ0v) is 15.5. The molecule has 7 heteroatoms. The molecule has 7 nitrogen and oxygen atoms in total. The summed E-state index contributed by atoms with van der Waals surface area (Å²) in [6.07, 6.45) is 0.629. The maximum atomic E-state index is 12.5. The van der Waals surface area contributed by atoms with Crippen molar-refractivity contribution in [1.29, 1.82) is 0 Å². The van der Waals surface area contributed by atoms with Gasteiger partial charge in [0, 0.05) is 31.9 Å². The van der Waals surface area contributed by atoms with Crippen LogP contribution in [0.5, 0.6) is 0 Å². The van der Waals surface area contributed by atoms with Crippen molar-refractivity contribution in [2.75, 3.05) is 14.1 Å². The Hall–Kier alpha value is -2.96. The van der Waals surface area contributed by atoms with E-state index in [1.165, 1.54) is 4.90 Å². The van der Waals surface area contributed by atoms with Crippen molar-refractivity contribution in [2.45, 2.75) is 32.7 Å². The van der Waals surface area contributed by atoms with Gasteiger partial charge in [-0.15, -0.1) is 0 Å². The van der Waals surface area contributed by atoms with Gasteiger partial charge in [0.15, 0.2) is 0 Å². The molecule has 0 aliphatic carbocycles. The summed E-state index contributed by atoms with van der Waals surface area (Å²) in [7, 11) is 3.31. The van der Waals surface area contributed by atoms with Crippen LogP contribution in [0.15, 0.2) is 35.1 Å². The maximum absolute atomic E-state index is 12.5. The molecule has 2 amide bonds. The Kier molecular flexibility index (Phi) is 6.27. The Morgan fingerprint density at radius 2 is 1.85 bits per heavy atom. The number of carbonyl (C=O) groups excluding carboxylic acids is 2. The van der Waals surface area contributed by atoms with E-state index in [0.29, 0.717) is 17.8 Å². The van der Waals surface area contributed by atoms with Gasteiger partial charge in [-0.05, 0) is 31.4 Å². The van der Waals surface area contributed by atoms with Gasteiger partial charge in [-0.3, -0.25) is 9.59 Å². The molecule has 1 atom stereocenters. The van der Waals surface area contributed by atoms with Crippen LogP contribution in [0.1, 0.15) is 35.0 Å². The molecule has 0 aliphatic rings. The number of hydrogen-bond donors (Lipinski definition) is 2. The average molecular weight is 356 g/mol. The van der Waals surface area contributed by atoms with Crippen LogP contribution >= 0.6 is 0 Å². The van der Waals surface area contributed by atoms with Crippen molar-refractivity contribution in [3.63, 3.8) is 0 Å². The number of nitrogens with zero attached hydrogens (tertiary/aromatic N) is 2. The maximum Gasteiger partial charge on any atom is 0.345 e. The Balaban J connectivity index is 2.11. The zero-order chi connectivity index (χ0) is 19.3. The number of benzene rings is 1. The molecule has 2 rings (SSSR count). The van der Waals surface area contributed by atoms with E-state index in [4.69, 9.17) is 0 Å². The predicted molar refractivity (Wildman–Crippen MR) is 98.7 cm³/mol. The van der Waals surface area contributed by atoms with Gasteiger partial charge in [0.1, 0.15) is 6.04 Å². The lowest BCUT2D eigenvalue weighted by atomic mass is 10.0. The fourth-order valence-corrected chi connectivity index (χ4v) is 2.79. The van der Waals surface area contributed by atoms with Crippen molar-refractivity contribution in [3.8, 4) is 0 Å². The van der Waals surface area contributed by atoms with E-state index in [2.05, 4.69) is 15.3 Å². The number of H-pyrrole nitrogens is 1. The van der Waals surface area contributed by atoms with E-state index < -0.39 is 11.7 Å². The Bertz CT molecular complexity index is 817. The first-order valence-corrected chi connectivity index (χ1v) is 8.41. The fourth-order valence-electron chi connectivity index (χ4n) is 2.79. The van der Waals surface area contributed by atoms with Gasteiger partial charge in [-0.1, -0.05) is 30.3 Å². The largest absolute Gasteiger partial charge is 0.347 e. The highest BCUT2D eigenvalue weighted by molar-refractivity contribution is 5.88. The van der Waals surface area contributed by atoms with Gasteiger partial charge in [0.05, 0.1) is 0 Å². The number of amides is 2. The Labute approximate surface area is 152 Å². The van der Waals surface area contributed by atoms with E-state index in [1.54, 1.807) is 27.9 Å². The molecule has 1 unspecified atom stereocenters. The minimum atomic E-state index is -0.727. The van der Waals surface area contributed by atoms with Crippen molar-refractivity contribution in [1.82, 2.24) is 20.2 Å². The van der Waals surface area contributed by atoms with Gasteiger partial charge in [-0.2, -0.15) is 4.98 Å². The first-order chi connectivity index (χ1) is 12.3. The molecule has 0 saturated heterocycles. The third kappa shape index (κ3) is 4.78. The molecule has 0 bridgehead atoms. The second-order valence-electron chi connectivity index (χ2n) is 6.37. The topological polar surface area (TPSA) is 95.2 Å². The van der Waals surface area contributed by atoms with Crippen LogP contribution in [0.2, 0.25) is 0 Å². The van der Waals surface area contributed by atoms with Gasteiger partial charge in [-0.25, -0.2) is 4.79 Å². The van der Waals surface area contributed by atoms with Gasteiger partial charge >= 0.3 is 5.69 Å². The number of carbonyl (C=O) groups is 2. The SMILES string of the molecule is Cc1nc(=O)[nH]c(C)c1CCC(=O)NC(C(=O)N(C)C)c1ccccc1. The first-order valence-electron chi connectivity index (χ1n) is 8.41. The monoisotopic (exact) mass is 356 g/mol. The molecule has 1 aromatic carbocycles. The normalized spacial score (nSPS) is 11.7. The minimum Gasteiger partial charge on any atom is -0.347 e. The van der Waals surface area contributed by atoms with Crippen LogP contribution in [0.3, 0.4) is 0 Å². The molecule has 0 spiro atoms. The van der Waals surface area contributed by atoms with E-state index in [9.17, 15) is 14.4 Å². The van der Waals surface area contributed by atoms with Crippen LogP contribution in [0.25, 0.3) is 0 Å². The molecular formula is C19H24N4O3. The van der Waals surface area contributed by atoms with E-state index in [-0.39, 0.29) is 18.2 Å². The molecule has 0 saturated carbocycles. The number of likely N-dealkylation sites (N-methyl/N-ethyl adjacent to an activating group) is 1. The van der Waals surface area contributed by atoms with Crippen molar-refractivity contribution >= 4 is 11.8 Å². The second-order valence-corrected chi connectivity index (χ2v) is 6.37. The second kappa shape index (κ2) is 8.42. The third-order valence-electron chi connectivity index (χ3n) is 4.18. The summed E-state index contributed by atoms with van der Waals surface area (Å²) in [6, 6.07) is 8.41. The van der Waals surface area contributed by atoms with Gasteiger partial charge < -0.3 is 15.2 Å². The van der Waals surface area contributed by atoms with Crippen LogP contribution in [-0.4, -0.2) is 40.8 Å². The Morgan fingerprint density at radius 1 is 1.19 bits per heavy atom. The molecule has 0 aliphatic heterocycles. The van der Waals surface area contributed by atoms with Gasteiger partial charge in [0.2, 0.25) is 11.8 Å².